The van der Waals surface area contributed by atoms with Crippen molar-refractivity contribution in [2.24, 2.45) is 0 Å². The Morgan fingerprint density at radius 1 is 1.14 bits per heavy atom. The van der Waals surface area contributed by atoms with E-state index in [9.17, 15) is 0 Å². The van der Waals surface area contributed by atoms with E-state index < -0.39 is 0 Å². The summed E-state index contributed by atoms with van der Waals surface area (Å²) < 4.78 is 4.59. The van der Waals surface area contributed by atoms with E-state index >= 15 is 0 Å². The van der Waals surface area contributed by atoms with E-state index in [2.05, 4.69) is 73.1 Å². The van der Waals surface area contributed by atoms with E-state index in [0.717, 1.165) is 24.4 Å². The summed E-state index contributed by atoms with van der Waals surface area (Å²) in [5.74, 6) is 1.04. The SMILES string of the molecule is CN(C)CCn1c(C(C)(C)C)cn2c3ccccc3nc12. The highest BCUT2D eigenvalue weighted by atomic mass is 15.2. The van der Waals surface area contributed by atoms with Gasteiger partial charge in [-0.2, -0.15) is 0 Å². The number of imidazole rings is 2. The molecular weight excluding hydrogens is 260 g/mol. The van der Waals surface area contributed by atoms with Crippen molar-refractivity contribution in [2.45, 2.75) is 32.7 Å². The first-order chi connectivity index (χ1) is 9.88. The van der Waals surface area contributed by atoms with Gasteiger partial charge in [0.2, 0.25) is 5.78 Å². The van der Waals surface area contributed by atoms with Gasteiger partial charge >= 0.3 is 0 Å². The van der Waals surface area contributed by atoms with Gasteiger partial charge in [-0.25, -0.2) is 4.98 Å². The van der Waals surface area contributed by atoms with Crippen molar-refractivity contribution in [2.75, 3.05) is 20.6 Å². The minimum atomic E-state index is 0.105. The number of likely N-dealkylation sites (N-methyl/N-ethyl adjacent to an activating group) is 1. The summed E-state index contributed by atoms with van der Waals surface area (Å²) in [5, 5.41) is 0. The second-order valence-electron chi connectivity index (χ2n) is 6.99. The summed E-state index contributed by atoms with van der Waals surface area (Å²) in [6, 6.07) is 8.33. The van der Waals surface area contributed by atoms with Gasteiger partial charge in [-0.3, -0.25) is 4.40 Å². The van der Waals surface area contributed by atoms with E-state index in [0.29, 0.717) is 0 Å². The quantitative estimate of drug-likeness (QED) is 0.738. The molecule has 0 aliphatic rings. The molecule has 4 nitrogen and oxygen atoms in total. The maximum absolute atomic E-state index is 4.83. The van der Waals surface area contributed by atoms with Crippen LogP contribution in [0.25, 0.3) is 16.8 Å². The Bertz CT molecular complexity index is 771. The Labute approximate surface area is 126 Å². The fourth-order valence-electron chi connectivity index (χ4n) is 2.77. The molecule has 0 unspecified atom stereocenters. The number of hydrogen-bond donors (Lipinski definition) is 0. The fraction of sp³-hybridized carbons (Fsp3) is 0.471. The van der Waals surface area contributed by atoms with E-state index in [1.807, 2.05) is 6.07 Å². The number of benzene rings is 1. The maximum atomic E-state index is 4.83. The molecule has 0 bridgehead atoms. The van der Waals surface area contributed by atoms with Crippen LogP contribution in [0.3, 0.4) is 0 Å². The lowest BCUT2D eigenvalue weighted by molar-refractivity contribution is 0.377. The maximum Gasteiger partial charge on any atom is 0.215 e. The van der Waals surface area contributed by atoms with Crippen LogP contribution in [0, 0.1) is 0 Å². The second-order valence-corrected chi connectivity index (χ2v) is 6.99. The van der Waals surface area contributed by atoms with Crippen molar-refractivity contribution < 1.29 is 0 Å². The molecule has 0 saturated heterocycles. The number of hydrogen-bond acceptors (Lipinski definition) is 2. The van der Waals surface area contributed by atoms with Crippen LogP contribution in [-0.2, 0) is 12.0 Å². The fourth-order valence-corrected chi connectivity index (χ4v) is 2.77. The van der Waals surface area contributed by atoms with Crippen LogP contribution in [0.4, 0.5) is 0 Å². The van der Waals surface area contributed by atoms with Crippen molar-refractivity contribution in [3.8, 4) is 0 Å². The first-order valence-electron chi connectivity index (χ1n) is 7.49. The zero-order chi connectivity index (χ0) is 15.2. The predicted octanol–water partition coefficient (Wildman–Crippen LogP) is 3.15. The molecule has 2 heterocycles. The van der Waals surface area contributed by atoms with E-state index in [4.69, 9.17) is 4.98 Å². The average Bonchev–Trinajstić information content (AvgIpc) is 2.91. The Kier molecular flexibility index (Phi) is 3.29. The van der Waals surface area contributed by atoms with Crippen LogP contribution in [0.2, 0.25) is 0 Å². The molecule has 21 heavy (non-hydrogen) atoms. The summed E-state index contributed by atoms with van der Waals surface area (Å²) in [5.41, 5.74) is 3.68. The van der Waals surface area contributed by atoms with Crippen LogP contribution >= 0.6 is 0 Å². The lowest BCUT2D eigenvalue weighted by Gasteiger charge is -2.21. The molecule has 3 rings (SSSR count). The van der Waals surface area contributed by atoms with Gasteiger partial charge < -0.3 is 9.47 Å². The van der Waals surface area contributed by atoms with Gasteiger partial charge in [-0.05, 0) is 26.2 Å². The number of nitrogens with zero attached hydrogens (tertiary/aromatic N) is 4. The Balaban J connectivity index is 2.23. The molecule has 0 fully saturated rings. The third kappa shape index (κ3) is 2.44. The number of aromatic nitrogens is 3. The normalized spacial score (nSPS) is 12.9. The minimum Gasteiger partial charge on any atom is -0.312 e. The van der Waals surface area contributed by atoms with E-state index in [1.54, 1.807) is 0 Å². The zero-order valence-corrected chi connectivity index (χ0v) is 13.6. The highest BCUT2D eigenvalue weighted by Crippen LogP contribution is 2.27. The van der Waals surface area contributed by atoms with Crippen molar-refractivity contribution in [1.82, 2.24) is 18.9 Å². The molecule has 0 radical (unpaired) electrons. The van der Waals surface area contributed by atoms with Gasteiger partial charge in [-0.1, -0.05) is 32.9 Å². The van der Waals surface area contributed by atoms with Crippen LogP contribution in [0.1, 0.15) is 26.5 Å². The molecular formula is C17H24N4. The summed E-state index contributed by atoms with van der Waals surface area (Å²) in [6.07, 6.45) is 2.25. The molecule has 0 amide bonds. The van der Waals surface area contributed by atoms with Crippen molar-refractivity contribution in [3.05, 3.63) is 36.2 Å². The van der Waals surface area contributed by atoms with E-state index in [-0.39, 0.29) is 5.41 Å². The second kappa shape index (κ2) is 4.88. The molecule has 0 spiro atoms. The molecule has 0 saturated carbocycles. The molecule has 1 aromatic carbocycles. The molecule has 0 atom stereocenters. The van der Waals surface area contributed by atoms with Crippen LogP contribution in [0.5, 0.6) is 0 Å². The highest BCUT2D eigenvalue weighted by Gasteiger charge is 2.23. The molecule has 2 aromatic heterocycles. The van der Waals surface area contributed by atoms with Crippen LogP contribution < -0.4 is 0 Å². The third-order valence-electron chi connectivity index (χ3n) is 3.90. The van der Waals surface area contributed by atoms with Gasteiger partial charge in [0.25, 0.3) is 0 Å². The van der Waals surface area contributed by atoms with Gasteiger partial charge in [-0.15, -0.1) is 0 Å². The third-order valence-corrected chi connectivity index (χ3v) is 3.90. The zero-order valence-electron chi connectivity index (χ0n) is 13.6. The lowest BCUT2D eigenvalue weighted by atomic mass is 9.92. The predicted molar refractivity (Wildman–Crippen MR) is 87.9 cm³/mol. The minimum absolute atomic E-state index is 0.105. The monoisotopic (exact) mass is 284 g/mol. The Morgan fingerprint density at radius 2 is 1.86 bits per heavy atom. The van der Waals surface area contributed by atoms with Gasteiger partial charge in [0, 0.05) is 30.4 Å². The van der Waals surface area contributed by atoms with Crippen LogP contribution in [0.15, 0.2) is 30.5 Å². The summed E-state index contributed by atoms with van der Waals surface area (Å²) in [6.45, 7) is 8.75. The number of rotatable bonds is 3. The van der Waals surface area contributed by atoms with Crippen molar-refractivity contribution >= 4 is 16.8 Å². The van der Waals surface area contributed by atoms with Gasteiger partial charge in [0.05, 0.1) is 11.0 Å². The van der Waals surface area contributed by atoms with Crippen LogP contribution in [-0.4, -0.2) is 39.5 Å². The lowest BCUT2D eigenvalue weighted by Crippen LogP contribution is -2.23. The Hall–Kier alpha value is -1.81. The summed E-state index contributed by atoms with van der Waals surface area (Å²) >= 11 is 0. The average molecular weight is 284 g/mol. The number of para-hydroxylation sites is 2. The first-order valence-corrected chi connectivity index (χ1v) is 7.49. The molecule has 0 aliphatic heterocycles. The summed E-state index contributed by atoms with van der Waals surface area (Å²) in [7, 11) is 4.22. The van der Waals surface area contributed by atoms with Crippen molar-refractivity contribution in [1.29, 1.82) is 0 Å². The first kappa shape index (κ1) is 14.1. The largest absolute Gasteiger partial charge is 0.312 e. The molecule has 4 heteroatoms. The number of fused-ring (bicyclic) bond motifs is 3. The van der Waals surface area contributed by atoms with E-state index in [1.165, 1.54) is 11.2 Å². The van der Waals surface area contributed by atoms with Gasteiger partial charge in [0.15, 0.2) is 0 Å². The van der Waals surface area contributed by atoms with Crippen molar-refractivity contribution in [3.63, 3.8) is 0 Å². The molecule has 0 aliphatic carbocycles. The molecule has 112 valence electrons. The molecule has 0 N–H and O–H groups in total. The smallest absolute Gasteiger partial charge is 0.215 e. The molecule has 3 aromatic rings. The topological polar surface area (TPSA) is 25.5 Å². The highest BCUT2D eigenvalue weighted by molar-refractivity contribution is 5.79. The summed E-state index contributed by atoms with van der Waals surface area (Å²) in [4.78, 5) is 7.05. The Morgan fingerprint density at radius 3 is 2.52 bits per heavy atom. The standard InChI is InChI=1S/C17H24N4/c1-17(2,3)15-12-21-14-9-7-6-8-13(14)18-16(21)20(15)11-10-19(4)5/h6-9,12H,10-11H2,1-5H3. The van der Waals surface area contributed by atoms with Gasteiger partial charge in [0.1, 0.15) is 0 Å².